The number of unbranched alkanes of at least 4 members (excludes halogenated alkanes) is 2. The Labute approximate surface area is 238 Å². The maximum atomic E-state index is 13.6. The van der Waals surface area contributed by atoms with Crippen molar-refractivity contribution in [2.45, 2.75) is 38.3 Å². The summed E-state index contributed by atoms with van der Waals surface area (Å²) in [4.78, 5) is 25.9. The Balaban J connectivity index is 1.60. The van der Waals surface area contributed by atoms with E-state index in [1.54, 1.807) is 25.1 Å². The second kappa shape index (κ2) is 12.7. The number of hydrogen-bond donors (Lipinski definition) is 1. The molecule has 0 radical (unpaired) electrons. The molecule has 39 heavy (non-hydrogen) atoms. The Morgan fingerprint density at radius 2 is 1.18 bits per heavy atom. The molecule has 6 heteroatoms. The predicted octanol–water partition coefficient (Wildman–Crippen LogP) is 6.91. The molecule has 0 aromatic heterocycles. The number of halogens is 1. The molecule has 0 aliphatic rings. The fraction of sp³-hybridized carbons (Fsp3) is 0.212. The third kappa shape index (κ3) is 5.71. The van der Waals surface area contributed by atoms with E-state index in [2.05, 4.69) is 51.9 Å². The quantitative estimate of drug-likeness (QED) is 0.108. The Hall–Kier alpha value is -3.27. The molecule has 1 unspecified atom stereocenters. The topological polar surface area (TPSA) is 63.6 Å². The Morgan fingerprint density at radius 3 is 1.64 bits per heavy atom. The first kappa shape index (κ1) is 28.7. The van der Waals surface area contributed by atoms with Crippen LogP contribution in [0.4, 0.5) is 0 Å². The van der Waals surface area contributed by atoms with Crippen molar-refractivity contribution in [1.29, 1.82) is 0 Å². The Morgan fingerprint density at radius 1 is 0.718 bits per heavy atom. The van der Waals surface area contributed by atoms with Gasteiger partial charge in [-0.2, -0.15) is 0 Å². The van der Waals surface area contributed by atoms with Crippen LogP contribution in [0.5, 0.6) is 5.75 Å². The van der Waals surface area contributed by atoms with Gasteiger partial charge in [0, 0.05) is 0 Å². The summed E-state index contributed by atoms with van der Waals surface area (Å²) in [5.74, 6) is -0.470. The zero-order chi connectivity index (χ0) is 27.7. The van der Waals surface area contributed by atoms with Gasteiger partial charge >= 0.3 is 239 Å². The summed E-state index contributed by atoms with van der Waals surface area (Å²) in [6, 6.07) is 37.5. The van der Waals surface area contributed by atoms with Crippen LogP contribution in [0.3, 0.4) is 0 Å². The van der Waals surface area contributed by atoms with E-state index in [1.165, 1.54) is 6.07 Å². The summed E-state index contributed by atoms with van der Waals surface area (Å²) < 4.78 is 5.39. The van der Waals surface area contributed by atoms with Crippen molar-refractivity contribution in [3.8, 4) is 5.75 Å². The van der Waals surface area contributed by atoms with Crippen LogP contribution in [0.2, 0.25) is 0 Å². The number of para-hydroxylation sites is 1. The van der Waals surface area contributed by atoms with Gasteiger partial charge in [0.1, 0.15) is 0 Å². The molecule has 1 atom stereocenters. The number of phenols is 1. The SMILES string of the molecule is CC(=O)C(CCCCCOC(=O)c1ccccc1O)P(Br)(c1ccccc1)(c1ccccc1)c1ccccc1. The number of aromatic hydroxyl groups is 1. The normalized spacial score (nSPS) is 13.1. The van der Waals surface area contributed by atoms with Crippen molar-refractivity contribution in [2.24, 2.45) is 0 Å². The predicted molar refractivity (Wildman–Crippen MR) is 165 cm³/mol. The second-order valence-electron chi connectivity index (χ2n) is 9.71. The Kier molecular flexibility index (Phi) is 9.37. The monoisotopic (exact) mass is 604 g/mol. The van der Waals surface area contributed by atoms with Gasteiger partial charge in [0.15, 0.2) is 0 Å². The van der Waals surface area contributed by atoms with Gasteiger partial charge in [-0.25, -0.2) is 0 Å². The number of ether oxygens (including phenoxy) is 1. The van der Waals surface area contributed by atoms with Crippen molar-refractivity contribution >= 4 is 48.5 Å². The molecular formula is C33H34BrO4P. The summed E-state index contributed by atoms with van der Waals surface area (Å²) in [6.07, 6.45) is 2.96. The number of phenolic OH excluding ortho intramolecular Hbond substituents is 1. The second-order valence-corrected chi connectivity index (χ2v) is 18.4. The minimum atomic E-state index is -3.43. The molecule has 4 nitrogen and oxygen atoms in total. The Bertz CT molecular complexity index is 1290. The number of rotatable bonds is 12. The molecule has 0 bridgehead atoms. The van der Waals surface area contributed by atoms with Crippen LogP contribution < -0.4 is 15.9 Å². The number of ketones is 1. The first-order valence-electron chi connectivity index (χ1n) is 13.2. The zero-order valence-electron chi connectivity index (χ0n) is 22.1. The zero-order valence-corrected chi connectivity index (χ0v) is 24.6. The summed E-state index contributed by atoms with van der Waals surface area (Å²) in [5.41, 5.74) is -0.119. The van der Waals surface area contributed by atoms with Crippen LogP contribution >= 0.6 is 20.8 Å². The van der Waals surface area contributed by atoms with Crippen LogP contribution in [0, 0.1) is 0 Å². The third-order valence-electron chi connectivity index (χ3n) is 7.32. The number of Topliss-reactive ketones (excluding diaryl/α,β-unsaturated/α-hetero) is 1. The maximum absolute atomic E-state index is 13.6. The molecule has 0 heterocycles. The molecule has 4 aromatic carbocycles. The first-order chi connectivity index (χ1) is 18.9. The third-order valence-corrected chi connectivity index (χ3v) is 18.2. The van der Waals surface area contributed by atoms with Crippen LogP contribution in [0.25, 0.3) is 0 Å². The van der Waals surface area contributed by atoms with E-state index in [9.17, 15) is 14.7 Å². The van der Waals surface area contributed by atoms with E-state index in [0.29, 0.717) is 12.8 Å². The van der Waals surface area contributed by atoms with Gasteiger partial charge in [0.25, 0.3) is 0 Å². The summed E-state index contributed by atoms with van der Waals surface area (Å²) in [5, 5.41) is 9.82. The van der Waals surface area contributed by atoms with E-state index >= 15 is 0 Å². The number of carbonyl (C=O) groups is 2. The van der Waals surface area contributed by atoms with E-state index < -0.39 is 11.3 Å². The average Bonchev–Trinajstić information content (AvgIpc) is 2.98. The van der Waals surface area contributed by atoms with Gasteiger partial charge in [0.05, 0.1) is 0 Å². The number of hydrogen-bond acceptors (Lipinski definition) is 4. The van der Waals surface area contributed by atoms with Crippen LogP contribution in [-0.2, 0) is 9.53 Å². The van der Waals surface area contributed by atoms with E-state index in [1.807, 2.05) is 54.6 Å². The van der Waals surface area contributed by atoms with E-state index in [4.69, 9.17) is 4.74 Å². The molecule has 0 saturated heterocycles. The van der Waals surface area contributed by atoms with Gasteiger partial charge < -0.3 is 0 Å². The summed E-state index contributed by atoms with van der Waals surface area (Å²) in [6.45, 7) is 1.96. The average molecular weight is 606 g/mol. The summed E-state index contributed by atoms with van der Waals surface area (Å²) >= 11 is 4.44. The number of esters is 1. The molecule has 0 amide bonds. The van der Waals surface area contributed by atoms with Crippen LogP contribution in [0.1, 0.15) is 43.0 Å². The fourth-order valence-electron chi connectivity index (χ4n) is 5.44. The van der Waals surface area contributed by atoms with Gasteiger partial charge in [0.2, 0.25) is 0 Å². The number of carbonyl (C=O) groups excluding carboxylic acids is 2. The minimum absolute atomic E-state index is 0.0850. The fourth-order valence-corrected chi connectivity index (χ4v) is 14.6. The van der Waals surface area contributed by atoms with Gasteiger partial charge in [-0.3, -0.25) is 0 Å². The molecule has 202 valence electrons. The molecule has 4 aromatic rings. The molecular weight excluding hydrogens is 571 g/mol. The van der Waals surface area contributed by atoms with Crippen LogP contribution in [-0.4, -0.2) is 29.1 Å². The first-order valence-corrected chi connectivity index (χ1v) is 17.6. The molecule has 1 N–H and O–H groups in total. The van der Waals surface area contributed by atoms with Crippen molar-refractivity contribution in [1.82, 2.24) is 0 Å². The van der Waals surface area contributed by atoms with Crippen molar-refractivity contribution in [2.75, 3.05) is 6.61 Å². The van der Waals surface area contributed by atoms with Gasteiger partial charge in [-0.05, 0) is 0 Å². The van der Waals surface area contributed by atoms with Crippen LogP contribution in [0.15, 0.2) is 115 Å². The van der Waals surface area contributed by atoms with Gasteiger partial charge in [-0.1, -0.05) is 0 Å². The molecule has 0 spiro atoms. The molecule has 0 saturated carbocycles. The van der Waals surface area contributed by atoms with Crippen molar-refractivity contribution < 1.29 is 19.4 Å². The molecule has 0 fully saturated rings. The standard InChI is InChI=1S/C33H34BrO4P/c1-26(35)32(24-12-5-15-25-38-33(37)30-22-13-14-23-31(30)36)39(34,27-16-6-2-7-17-27,28-18-8-3-9-19-28)29-20-10-4-11-21-29/h2-4,6-11,13-14,16-23,32,36H,5,12,15,24-25H2,1H3. The summed E-state index contributed by atoms with van der Waals surface area (Å²) in [7, 11) is 0. The molecule has 0 aliphatic heterocycles. The van der Waals surface area contributed by atoms with Crippen molar-refractivity contribution in [3.63, 3.8) is 0 Å². The molecule has 4 rings (SSSR count). The molecule has 0 aliphatic carbocycles. The van der Waals surface area contributed by atoms with Gasteiger partial charge in [-0.15, -0.1) is 0 Å². The van der Waals surface area contributed by atoms with E-state index in [0.717, 1.165) is 28.8 Å². The van der Waals surface area contributed by atoms with E-state index in [-0.39, 0.29) is 29.4 Å². The van der Waals surface area contributed by atoms with Crippen molar-refractivity contribution in [3.05, 3.63) is 121 Å². The number of benzene rings is 4.